The van der Waals surface area contributed by atoms with Gasteiger partial charge in [-0.2, -0.15) is 0 Å². The lowest BCUT2D eigenvalue weighted by Crippen LogP contribution is -2.09. The van der Waals surface area contributed by atoms with Gasteiger partial charge in [-0.15, -0.1) is 0 Å². The molecule has 2 aromatic rings. The second kappa shape index (κ2) is 6.13. The van der Waals surface area contributed by atoms with Gasteiger partial charge < -0.3 is 14.7 Å². The molecule has 21 heavy (non-hydrogen) atoms. The SMILES string of the molecule is COc1ccc(N(C)c2nc(C(C)C)c(C(=O)O)s2)cc1. The Morgan fingerprint density at radius 3 is 2.38 bits per heavy atom. The average molecular weight is 306 g/mol. The molecule has 1 N–H and O–H groups in total. The fraction of sp³-hybridized carbons (Fsp3) is 0.333. The van der Waals surface area contributed by atoms with Crippen LogP contribution in [0.2, 0.25) is 0 Å². The van der Waals surface area contributed by atoms with E-state index >= 15 is 0 Å². The normalized spacial score (nSPS) is 10.7. The number of benzene rings is 1. The Balaban J connectivity index is 2.36. The molecule has 6 heteroatoms. The van der Waals surface area contributed by atoms with Crippen molar-refractivity contribution in [2.75, 3.05) is 19.1 Å². The molecule has 0 atom stereocenters. The molecule has 1 heterocycles. The van der Waals surface area contributed by atoms with E-state index in [0.717, 1.165) is 11.4 Å². The molecular formula is C15H18N2O3S. The molecule has 0 aliphatic heterocycles. The highest BCUT2D eigenvalue weighted by Gasteiger charge is 2.21. The van der Waals surface area contributed by atoms with Crippen LogP contribution in [-0.4, -0.2) is 30.2 Å². The Morgan fingerprint density at radius 2 is 1.95 bits per heavy atom. The minimum absolute atomic E-state index is 0.0744. The van der Waals surface area contributed by atoms with E-state index in [1.165, 1.54) is 11.3 Å². The smallest absolute Gasteiger partial charge is 0.347 e. The van der Waals surface area contributed by atoms with Gasteiger partial charge in [-0.3, -0.25) is 0 Å². The molecular weight excluding hydrogens is 288 g/mol. The van der Waals surface area contributed by atoms with Crippen molar-refractivity contribution in [3.63, 3.8) is 0 Å². The topological polar surface area (TPSA) is 62.7 Å². The number of thiazole rings is 1. The molecule has 2 rings (SSSR count). The molecule has 0 bridgehead atoms. The summed E-state index contributed by atoms with van der Waals surface area (Å²) in [4.78, 5) is 18.0. The Hall–Kier alpha value is -2.08. The summed E-state index contributed by atoms with van der Waals surface area (Å²) in [6.45, 7) is 3.89. The summed E-state index contributed by atoms with van der Waals surface area (Å²) < 4.78 is 5.13. The van der Waals surface area contributed by atoms with E-state index in [-0.39, 0.29) is 5.92 Å². The lowest BCUT2D eigenvalue weighted by atomic mass is 10.1. The second-order valence-corrected chi connectivity index (χ2v) is 5.91. The number of methoxy groups -OCH3 is 1. The first-order chi connectivity index (χ1) is 9.93. The van der Waals surface area contributed by atoms with Gasteiger partial charge in [-0.05, 0) is 30.2 Å². The molecule has 1 aromatic heterocycles. The first kappa shape index (κ1) is 15.3. The molecule has 0 fully saturated rings. The molecule has 0 radical (unpaired) electrons. The number of carboxylic acid groups (broad SMARTS) is 1. The van der Waals surface area contributed by atoms with Gasteiger partial charge in [0.2, 0.25) is 0 Å². The molecule has 1 aromatic carbocycles. The largest absolute Gasteiger partial charge is 0.497 e. The number of carboxylic acids is 1. The van der Waals surface area contributed by atoms with Gasteiger partial charge >= 0.3 is 5.97 Å². The van der Waals surface area contributed by atoms with Crippen LogP contribution < -0.4 is 9.64 Å². The van der Waals surface area contributed by atoms with E-state index in [2.05, 4.69) is 4.98 Å². The van der Waals surface area contributed by atoms with Crippen LogP contribution in [0.1, 0.15) is 35.1 Å². The van der Waals surface area contributed by atoms with Gasteiger partial charge in [0, 0.05) is 12.7 Å². The highest BCUT2D eigenvalue weighted by atomic mass is 32.1. The Labute approximate surface area is 127 Å². The van der Waals surface area contributed by atoms with E-state index in [1.807, 2.05) is 50.1 Å². The number of anilines is 2. The van der Waals surface area contributed by atoms with Crippen LogP contribution in [-0.2, 0) is 0 Å². The third-order valence-electron chi connectivity index (χ3n) is 3.13. The third-order valence-corrected chi connectivity index (χ3v) is 4.27. The maximum absolute atomic E-state index is 11.3. The Kier molecular flexibility index (Phi) is 4.47. The van der Waals surface area contributed by atoms with Crippen LogP contribution in [0.25, 0.3) is 0 Å². The Morgan fingerprint density at radius 1 is 1.33 bits per heavy atom. The van der Waals surface area contributed by atoms with Gasteiger partial charge in [0.05, 0.1) is 12.8 Å². The van der Waals surface area contributed by atoms with Crippen LogP contribution in [0, 0.1) is 0 Å². The Bertz CT molecular complexity index is 635. The molecule has 0 aliphatic carbocycles. The van der Waals surface area contributed by atoms with Crippen LogP contribution in [0.5, 0.6) is 5.75 Å². The summed E-state index contributed by atoms with van der Waals surface area (Å²) >= 11 is 1.19. The lowest BCUT2D eigenvalue weighted by molar-refractivity contribution is 0.0700. The molecule has 5 nitrogen and oxygen atoms in total. The van der Waals surface area contributed by atoms with Crippen molar-refractivity contribution in [1.29, 1.82) is 0 Å². The van der Waals surface area contributed by atoms with E-state index in [9.17, 15) is 9.90 Å². The maximum Gasteiger partial charge on any atom is 0.347 e. The van der Waals surface area contributed by atoms with E-state index < -0.39 is 5.97 Å². The number of carbonyl (C=O) groups is 1. The standard InChI is InChI=1S/C15H18N2O3S/c1-9(2)12-13(14(18)19)21-15(16-12)17(3)10-5-7-11(20-4)8-6-10/h5-9H,1-4H3,(H,18,19). The van der Waals surface area contributed by atoms with Crippen molar-refractivity contribution < 1.29 is 14.6 Å². The fourth-order valence-electron chi connectivity index (χ4n) is 1.92. The number of ether oxygens (including phenoxy) is 1. The summed E-state index contributed by atoms with van der Waals surface area (Å²) in [5.74, 6) is -0.0728. The zero-order valence-corrected chi connectivity index (χ0v) is 13.3. The zero-order valence-electron chi connectivity index (χ0n) is 12.5. The quantitative estimate of drug-likeness (QED) is 0.911. The predicted octanol–water partition coefficient (Wildman–Crippen LogP) is 3.74. The molecule has 0 amide bonds. The van der Waals surface area contributed by atoms with Crippen LogP contribution in [0.15, 0.2) is 24.3 Å². The van der Waals surface area contributed by atoms with Crippen molar-refractivity contribution in [2.45, 2.75) is 19.8 Å². The molecule has 0 spiro atoms. The minimum atomic E-state index is -0.925. The summed E-state index contributed by atoms with van der Waals surface area (Å²) in [5, 5.41) is 9.95. The van der Waals surface area contributed by atoms with E-state index in [4.69, 9.17) is 4.74 Å². The number of aromatic carboxylic acids is 1. The van der Waals surface area contributed by atoms with Crippen molar-refractivity contribution in [1.82, 2.24) is 4.98 Å². The van der Waals surface area contributed by atoms with E-state index in [0.29, 0.717) is 15.7 Å². The second-order valence-electron chi connectivity index (χ2n) is 4.93. The van der Waals surface area contributed by atoms with Gasteiger partial charge in [-0.25, -0.2) is 9.78 Å². The van der Waals surface area contributed by atoms with Crippen LogP contribution in [0.4, 0.5) is 10.8 Å². The van der Waals surface area contributed by atoms with Crippen molar-refractivity contribution in [3.05, 3.63) is 34.8 Å². The van der Waals surface area contributed by atoms with Crippen molar-refractivity contribution in [3.8, 4) is 5.75 Å². The predicted molar refractivity (Wildman–Crippen MR) is 84.2 cm³/mol. The number of nitrogens with zero attached hydrogens (tertiary/aromatic N) is 2. The molecule has 0 aliphatic rings. The molecule has 0 unspecified atom stereocenters. The first-order valence-corrected chi connectivity index (χ1v) is 7.37. The average Bonchev–Trinajstić information content (AvgIpc) is 2.92. The summed E-state index contributed by atoms with van der Waals surface area (Å²) in [7, 11) is 3.49. The zero-order chi connectivity index (χ0) is 15.6. The minimum Gasteiger partial charge on any atom is -0.497 e. The summed E-state index contributed by atoms with van der Waals surface area (Å²) in [5.41, 5.74) is 1.56. The van der Waals surface area contributed by atoms with Gasteiger partial charge in [0.15, 0.2) is 5.13 Å². The van der Waals surface area contributed by atoms with E-state index in [1.54, 1.807) is 7.11 Å². The highest BCUT2D eigenvalue weighted by molar-refractivity contribution is 7.17. The van der Waals surface area contributed by atoms with Crippen molar-refractivity contribution in [2.24, 2.45) is 0 Å². The third kappa shape index (κ3) is 3.16. The monoisotopic (exact) mass is 306 g/mol. The van der Waals surface area contributed by atoms with Gasteiger partial charge in [0.1, 0.15) is 10.6 Å². The number of rotatable bonds is 5. The van der Waals surface area contributed by atoms with Crippen LogP contribution >= 0.6 is 11.3 Å². The van der Waals surface area contributed by atoms with Gasteiger partial charge in [0.25, 0.3) is 0 Å². The van der Waals surface area contributed by atoms with Crippen LogP contribution in [0.3, 0.4) is 0 Å². The first-order valence-electron chi connectivity index (χ1n) is 6.55. The van der Waals surface area contributed by atoms with Gasteiger partial charge in [-0.1, -0.05) is 25.2 Å². The number of aromatic nitrogens is 1. The summed E-state index contributed by atoms with van der Waals surface area (Å²) in [6, 6.07) is 7.55. The fourth-order valence-corrected chi connectivity index (χ4v) is 2.97. The number of hydrogen-bond donors (Lipinski definition) is 1. The maximum atomic E-state index is 11.3. The molecule has 0 saturated heterocycles. The highest BCUT2D eigenvalue weighted by Crippen LogP contribution is 2.34. The number of hydrogen-bond acceptors (Lipinski definition) is 5. The molecule has 0 saturated carbocycles. The van der Waals surface area contributed by atoms with Crippen molar-refractivity contribution >= 4 is 28.1 Å². The molecule has 112 valence electrons. The lowest BCUT2D eigenvalue weighted by Gasteiger charge is -2.16. The summed E-state index contributed by atoms with van der Waals surface area (Å²) in [6.07, 6.45) is 0.